The van der Waals surface area contributed by atoms with Crippen LogP contribution in [0.4, 0.5) is 4.79 Å². The van der Waals surface area contributed by atoms with Gasteiger partial charge in [0.25, 0.3) is 0 Å². The smallest absolute Gasteiger partial charge is 0.410 e. The third-order valence-corrected chi connectivity index (χ3v) is 3.43. The van der Waals surface area contributed by atoms with Crippen LogP contribution in [0.1, 0.15) is 38.4 Å². The molecule has 0 saturated heterocycles. The minimum absolute atomic E-state index is 0.278. The van der Waals surface area contributed by atoms with Gasteiger partial charge in [0.15, 0.2) is 0 Å². The van der Waals surface area contributed by atoms with E-state index in [4.69, 9.17) is 4.74 Å². The van der Waals surface area contributed by atoms with Crippen molar-refractivity contribution in [1.82, 2.24) is 4.90 Å². The number of carbonyl (C=O) groups is 1. The lowest BCUT2D eigenvalue weighted by Gasteiger charge is -2.29. The Balaban J connectivity index is 2.09. The van der Waals surface area contributed by atoms with Crippen molar-refractivity contribution >= 4 is 11.7 Å². The predicted molar refractivity (Wildman–Crippen MR) is 79.0 cm³/mol. The van der Waals surface area contributed by atoms with Crippen molar-refractivity contribution in [1.29, 1.82) is 0 Å². The summed E-state index contributed by atoms with van der Waals surface area (Å²) < 4.78 is 6.50. The summed E-state index contributed by atoms with van der Waals surface area (Å²) in [6.07, 6.45) is 4.11. The molecule has 0 bridgehead atoms. The first kappa shape index (κ1) is 15.4. The molecule has 1 amide bonds. The third-order valence-electron chi connectivity index (χ3n) is 3.43. The molecule has 21 heavy (non-hydrogen) atoms. The van der Waals surface area contributed by atoms with E-state index in [-0.39, 0.29) is 6.09 Å². The molecule has 5 heteroatoms. The van der Waals surface area contributed by atoms with Gasteiger partial charge in [-0.1, -0.05) is 6.08 Å². The lowest BCUT2D eigenvalue weighted by atomic mass is 9.98. The van der Waals surface area contributed by atoms with Crippen LogP contribution in [0.25, 0.3) is 5.57 Å². The van der Waals surface area contributed by atoms with Crippen LogP contribution in [0.2, 0.25) is 0 Å². The van der Waals surface area contributed by atoms with Gasteiger partial charge in [-0.25, -0.2) is 4.79 Å². The SMILES string of the molecule is Cc1c(C2=CCN(C(=O)OC(C)(C)C)CC2)ccc[n+]1O. The lowest BCUT2D eigenvalue weighted by molar-refractivity contribution is -0.908. The molecule has 0 atom stereocenters. The first-order chi connectivity index (χ1) is 9.78. The zero-order valence-corrected chi connectivity index (χ0v) is 13.1. The molecular weight excluding hydrogens is 268 g/mol. The molecule has 114 valence electrons. The molecule has 1 aliphatic rings. The second-order valence-corrected chi connectivity index (χ2v) is 6.26. The second-order valence-electron chi connectivity index (χ2n) is 6.26. The van der Waals surface area contributed by atoms with E-state index in [2.05, 4.69) is 0 Å². The number of carbonyl (C=O) groups excluding carboxylic acids is 1. The summed E-state index contributed by atoms with van der Waals surface area (Å²) in [7, 11) is 0. The predicted octanol–water partition coefficient (Wildman–Crippen LogP) is 2.54. The molecule has 0 unspecified atom stereocenters. The van der Waals surface area contributed by atoms with Gasteiger partial charge in [0.1, 0.15) is 5.60 Å². The highest BCUT2D eigenvalue weighted by atomic mass is 16.6. The minimum atomic E-state index is -0.473. The van der Waals surface area contributed by atoms with Gasteiger partial charge in [-0.2, -0.15) is 0 Å². The van der Waals surface area contributed by atoms with Crippen molar-refractivity contribution in [3.05, 3.63) is 35.7 Å². The molecule has 0 saturated carbocycles. The molecule has 2 rings (SSSR count). The highest BCUT2D eigenvalue weighted by Crippen LogP contribution is 2.24. The Hall–Kier alpha value is -2.04. The zero-order valence-electron chi connectivity index (χ0n) is 13.1. The van der Waals surface area contributed by atoms with E-state index < -0.39 is 5.60 Å². The average Bonchev–Trinajstić information content (AvgIpc) is 2.40. The van der Waals surface area contributed by atoms with Gasteiger partial charge in [0.05, 0.1) is 0 Å². The molecule has 0 spiro atoms. The minimum Gasteiger partial charge on any atom is -0.444 e. The maximum absolute atomic E-state index is 12.0. The van der Waals surface area contributed by atoms with Crippen molar-refractivity contribution in [3.63, 3.8) is 0 Å². The zero-order chi connectivity index (χ0) is 15.6. The topological polar surface area (TPSA) is 53.7 Å². The fourth-order valence-corrected chi connectivity index (χ4v) is 2.32. The van der Waals surface area contributed by atoms with Gasteiger partial charge in [-0.15, -0.1) is 0 Å². The molecule has 0 radical (unpaired) electrons. The van der Waals surface area contributed by atoms with Crippen LogP contribution >= 0.6 is 0 Å². The van der Waals surface area contributed by atoms with Crippen LogP contribution in [-0.2, 0) is 4.74 Å². The number of amides is 1. The number of rotatable bonds is 1. The molecule has 1 aromatic heterocycles. The molecular formula is C16H23N2O3+. The lowest BCUT2D eigenvalue weighted by Crippen LogP contribution is -2.39. The monoisotopic (exact) mass is 291 g/mol. The molecule has 0 fully saturated rings. The van der Waals surface area contributed by atoms with Crippen LogP contribution in [0.15, 0.2) is 24.4 Å². The van der Waals surface area contributed by atoms with Crippen molar-refractivity contribution in [2.24, 2.45) is 0 Å². The normalized spacial score (nSPS) is 15.6. The van der Waals surface area contributed by atoms with Gasteiger partial charge < -0.3 is 9.64 Å². The number of pyridine rings is 1. The second kappa shape index (κ2) is 5.76. The summed E-state index contributed by atoms with van der Waals surface area (Å²) in [5, 5.41) is 9.70. The van der Waals surface area contributed by atoms with Gasteiger partial charge in [0.2, 0.25) is 11.9 Å². The quantitative estimate of drug-likeness (QED) is 0.639. The maximum atomic E-state index is 12.0. The number of nitrogens with zero attached hydrogens (tertiary/aromatic N) is 2. The van der Waals surface area contributed by atoms with E-state index in [1.165, 1.54) is 0 Å². The first-order valence-electron chi connectivity index (χ1n) is 7.16. The van der Waals surface area contributed by atoms with Crippen molar-refractivity contribution in [2.45, 2.75) is 39.7 Å². The van der Waals surface area contributed by atoms with E-state index in [1.807, 2.05) is 45.9 Å². The fourth-order valence-electron chi connectivity index (χ4n) is 2.32. The van der Waals surface area contributed by atoms with E-state index in [0.717, 1.165) is 28.0 Å². The number of hydrogen-bond donors (Lipinski definition) is 1. The van der Waals surface area contributed by atoms with Crippen molar-refractivity contribution in [2.75, 3.05) is 13.1 Å². The molecule has 5 nitrogen and oxygen atoms in total. The van der Waals surface area contributed by atoms with Crippen molar-refractivity contribution < 1.29 is 19.5 Å². The van der Waals surface area contributed by atoms with Gasteiger partial charge >= 0.3 is 6.09 Å². The van der Waals surface area contributed by atoms with E-state index >= 15 is 0 Å². The van der Waals surface area contributed by atoms with Crippen LogP contribution in [-0.4, -0.2) is 34.9 Å². The maximum Gasteiger partial charge on any atom is 0.410 e. The average molecular weight is 291 g/mol. The summed E-state index contributed by atoms with van der Waals surface area (Å²) >= 11 is 0. The largest absolute Gasteiger partial charge is 0.444 e. The number of hydrogen-bond acceptors (Lipinski definition) is 3. The van der Waals surface area contributed by atoms with E-state index in [0.29, 0.717) is 13.1 Å². The Morgan fingerprint density at radius 2 is 2.14 bits per heavy atom. The Morgan fingerprint density at radius 1 is 1.43 bits per heavy atom. The summed E-state index contributed by atoms with van der Waals surface area (Å²) in [4.78, 5) is 13.7. The van der Waals surface area contributed by atoms with Gasteiger partial charge in [-0.05, 0) is 38.8 Å². The van der Waals surface area contributed by atoms with E-state index in [1.54, 1.807) is 11.1 Å². The molecule has 2 heterocycles. The standard InChI is InChI=1S/C16H23N2O3/c1-12-14(6-5-9-18(12)20)13-7-10-17(11-8-13)15(19)21-16(2,3)4/h5-7,9,20H,8,10-11H2,1-4H3/q+1. The van der Waals surface area contributed by atoms with Crippen LogP contribution in [0, 0.1) is 6.92 Å². The molecule has 1 N–H and O–H groups in total. The Labute approximate surface area is 125 Å². The summed E-state index contributed by atoms with van der Waals surface area (Å²) in [5.74, 6) is 0. The first-order valence-corrected chi connectivity index (χ1v) is 7.16. The Kier molecular flexibility index (Phi) is 4.21. The summed E-state index contributed by atoms with van der Waals surface area (Å²) in [5.41, 5.74) is 2.49. The number of ether oxygens (including phenoxy) is 1. The molecule has 1 aromatic rings. The molecule has 0 aliphatic carbocycles. The highest BCUT2D eigenvalue weighted by Gasteiger charge is 2.25. The van der Waals surface area contributed by atoms with Gasteiger partial charge in [-0.3, -0.25) is 5.21 Å². The Morgan fingerprint density at radius 3 is 2.71 bits per heavy atom. The Bertz CT molecular complexity index is 573. The van der Waals surface area contributed by atoms with Crippen molar-refractivity contribution in [3.8, 4) is 0 Å². The van der Waals surface area contributed by atoms with Crippen LogP contribution < -0.4 is 4.73 Å². The van der Waals surface area contributed by atoms with Crippen LogP contribution in [0.3, 0.4) is 0 Å². The fraction of sp³-hybridized carbons (Fsp3) is 0.500. The highest BCUT2D eigenvalue weighted by molar-refractivity contribution is 5.73. The van der Waals surface area contributed by atoms with Gasteiger partial charge in [0, 0.05) is 36.4 Å². The molecule has 1 aliphatic heterocycles. The number of aromatic nitrogens is 1. The van der Waals surface area contributed by atoms with E-state index in [9.17, 15) is 10.0 Å². The summed E-state index contributed by atoms with van der Waals surface area (Å²) in [6.45, 7) is 8.62. The third kappa shape index (κ3) is 3.74. The van der Waals surface area contributed by atoms with Crippen LogP contribution in [0.5, 0.6) is 0 Å². The molecule has 0 aromatic carbocycles. The summed E-state index contributed by atoms with van der Waals surface area (Å²) in [6, 6.07) is 3.79.